The van der Waals surface area contributed by atoms with E-state index >= 15 is 0 Å². The predicted molar refractivity (Wildman–Crippen MR) is 159 cm³/mol. The molecule has 2 saturated heterocycles. The van der Waals surface area contributed by atoms with Crippen LogP contribution in [-0.2, 0) is 31.3 Å². The van der Waals surface area contributed by atoms with Crippen molar-refractivity contribution >= 4 is 23.8 Å². The van der Waals surface area contributed by atoms with E-state index in [9.17, 15) is 24.3 Å². The SMILES string of the molecule is Cc1ccc([C@]2(O)CC[C@H]3CN(Cc4ccc(OCC(=O)N5CCCC5)cc4)C[C@H]32)nc1.O=C(O)CC(O)(CC(=O)O)C(=O)O. The highest BCUT2D eigenvalue weighted by Crippen LogP contribution is 2.50. The number of ether oxygens (including phenoxy) is 1. The molecule has 3 heterocycles. The van der Waals surface area contributed by atoms with Crippen LogP contribution in [-0.4, -0.2) is 103 Å². The van der Waals surface area contributed by atoms with Gasteiger partial charge in [-0.3, -0.25) is 24.3 Å². The molecule has 0 unspecified atom stereocenters. The van der Waals surface area contributed by atoms with Crippen LogP contribution < -0.4 is 4.74 Å². The summed E-state index contributed by atoms with van der Waals surface area (Å²) in [5, 5.41) is 45.3. The number of nitrogens with zero attached hydrogens (tertiary/aromatic N) is 3. The lowest BCUT2D eigenvalue weighted by Gasteiger charge is -2.30. The van der Waals surface area contributed by atoms with Gasteiger partial charge in [0.15, 0.2) is 12.2 Å². The zero-order valence-electron chi connectivity index (χ0n) is 25.3. The highest BCUT2D eigenvalue weighted by Gasteiger charge is 2.53. The fraction of sp³-hybridized carbons (Fsp3) is 0.531. The van der Waals surface area contributed by atoms with E-state index in [2.05, 4.69) is 22.0 Å². The molecule has 2 aromatic rings. The third-order valence-electron chi connectivity index (χ3n) is 8.82. The number of fused-ring (bicyclic) bond motifs is 1. The molecule has 0 radical (unpaired) electrons. The summed E-state index contributed by atoms with van der Waals surface area (Å²) in [6, 6.07) is 12.1. The maximum absolute atomic E-state index is 12.2. The number of likely N-dealkylation sites (tertiary alicyclic amines) is 2. The number of rotatable bonds is 11. The number of aromatic nitrogens is 1. The van der Waals surface area contributed by atoms with Crippen LogP contribution in [0.15, 0.2) is 42.6 Å². The molecule has 13 heteroatoms. The molecule has 3 aliphatic rings. The summed E-state index contributed by atoms with van der Waals surface area (Å²) in [4.78, 5) is 51.5. The lowest BCUT2D eigenvalue weighted by molar-refractivity contribution is -0.170. The summed E-state index contributed by atoms with van der Waals surface area (Å²) in [7, 11) is 0. The number of hydrogen-bond acceptors (Lipinski definition) is 9. The van der Waals surface area contributed by atoms with Crippen molar-refractivity contribution in [2.24, 2.45) is 11.8 Å². The van der Waals surface area contributed by atoms with E-state index in [1.54, 1.807) is 0 Å². The van der Waals surface area contributed by atoms with Crippen molar-refractivity contribution in [2.45, 2.75) is 63.2 Å². The Morgan fingerprint density at radius 2 is 1.62 bits per heavy atom. The number of carboxylic acids is 3. The maximum Gasteiger partial charge on any atom is 0.336 e. The number of carbonyl (C=O) groups excluding carboxylic acids is 1. The fourth-order valence-electron chi connectivity index (χ4n) is 6.42. The van der Waals surface area contributed by atoms with Crippen molar-refractivity contribution in [2.75, 3.05) is 32.8 Å². The van der Waals surface area contributed by atoms with Crippen LogP contribution in [0.1, 0.15) is 55.3 Å². The van der Waals surface area contributed by atoms with E-state index in [0.29, 0.717) is 5.92 Å². The van der Waals surface area contributed by atoms with Crippen molar-refractivity contribution in [1.82, 2.24) is 14.8 Å². The molecule has 1 aliphatic carbocycles. The molecule has 13 nitrogen and oxygen atoms in total. The summed E-state index contributed by atoms with van der Waals surface area (Å²) >= 11 is 0. The Morgan fingerprint density at radius 1 is 0.978 bits per heavy atom. The van der Waals surface area contributed by atoms with Gasteiger partial charge in [-0.1, -0.05) is 18.2 Å². The van der Waals surface area contributed by atoms with Gasteiger partial charge < -0.3 is 35.2 Å². The standard InChI is InChI=1S/C26H33N3O3.C6H8O7/c1-19-4-9-24(27-14-19)26(31)11-10-21-16-28(17-23(21)26)15-20-5-7-22(8-6-20)32-18-25(30)29-12-2-3-13-29;7-3(8)1-6(13,5(11)12)2-4(9)10/h4-9,14,21,23,31H,2-3,10-13,15-18H2,1H3;13H,1-2H2,(H,7,8)(H,9,10)(H,11,12)/t21-,23+,26-;/m0./s1. The van der Waals surface area contributed by atoms with Crippen LogP contribution in [0.2, 0.25) is 0 Å². The molecule has 1 aromatic carbocycles. The molecular formula is C32H41N3O10. The van der Waals surface area contributed by atoms with Crippen molar-refractivity contribution < 1.29 is 49.4 Å². The number of aliphatic hydroxyl groups is 2. The van der Waals surface area contributed by atoms with Crippen molar-refractivity contribution in [3.8, 4) is 5.75 Å². The van der Waals surface area contributed by atoms with Crippen LogP contribution in [0.5, 0.6) is 5.75 Å². The summed E-state index contributed by atoms with van der Waals surface area (Å²) in [6.45, 7) is 6.61. The van der Waals surface area contributed by atoms with Crippen LogP contribution in [0.25, 0.3) is 0 Å². The molecular weight excluding hydrogens is 586 g/mol. The van der Waals surface area contributed by atoms with E-state index in [0.717, 1.165) is 75.4 Å². The van der Waals surface area contributed by atoms with Crippen LogP contribution in [0.3, 0.4) is 0 Å². The average Bonchev–Trinajstić information content (AvgIpc) is 3.72. The first-order chi connectivity index (χ1) is 21.3. The highest BCUT2D eigenvalue weighted by atomic mass is 16.5. The maximum atomic E-state index is 12.2. The van der Waals surface area contributed by atoms with Gasteiger partial charge >= 0.3 is 17.9 Å². The Morgan fingerprint density at radius 3 is 2.18 bits per heavy atom. The number of aryl methyl sites for hydroxylation is 1. The second-order valence-corrected chi connectivity index (χ2v) is 12.2. The van der Waals surface area contributed by atoms with Crippen molar-refractivity contribution in [3.05, 3.63) is 59.4 Å². The fourth-order valence-corrected chi connectivity index (χ4v) is 6.42. The molecule has 0 bridgehead atoms. The summed E-state index contributed by atoms with van der Waals surface area (Å²) in [5.41, 5.74) is -0.389. The molecule has 45 heavy (non-hydrogen) atoms. The minimum absolute atomic E-state index is 0.0748. The number of aliphatic carboxylic acids is 3. The van der Waals surface area contributed by atoms with Gasteiger partial charge in [0.2, 0.25) is 0 Å². The third kappa shape index (κ3) is 8.56. The van der Waals surface area contributed by atoms with Gasteiger partial charge in [0.1, 0.15) is 11.4 Å². The molecule has 3 atom stereocenters. The predicted octanol–water partition coefficient (Wildman–Crippen LogP) is 1.87. The van der Waals surface area contributed by atoms with E-state index in [1.807, 2.05) is 42.3 Å². The van der Waals surface area contributed by atoms with Crippen LogP contribution >= 0.6 is 0 Å². The quantitative estimate of drug-likeness (QED) is 0.243. The molecule has 5 N–H and O–H groups in total. The Bertz CT molecular complexity index is 1340. The zero-order chi connectivity index (χ0) is 32.8. The van der Waals surface area contributed by atoms with Gasteiger partial charge in [-0.15, -0.1) is 0 Å². The monoisotopic (exact) mass is 627 g/mol. The van der Waals surface area contributed by atoms with Gasteiger partial charge in [0.25, 0.3) is 5.91 Å². The van der Waals surface area contributed by atoms with Gasteiger partial charge in [0.05, 0.1) is 18.5 Å². The van der Waals surface area contributed by atoms with Crippen molar-refractivity contribution in [1.29, 1.82) is 0 Å². The van der Waals surface area contributed by atoms with E-state index in [1.165, 1.54) is 5.56 Å². The second-order valence-electron chi connectivity index (χ2n) is 12.2. The molecule has 1 saturated carbocycles. The number of carboxylic acid groups (broad SMARTS) is 3. The summed E-state index contributed by atoms with van der Waals surface area (Å²) in [6.07, 6.45) is 3.60. The molecule has 1 amide bonds. The van der Waals surface area contributed by atoms with Crippen molar-refractivity contribution in [3.63, 3.8) is 0 Å². The molecule has 244 valence electrons. The first-order valence-electron chi connectivity index (χ1n) is 15.1. The largest absolute Gasteiger partial charge is 0.484 e. The number of hydrogen-bond donors (Lipinski definition) is 5. The van der Waals surface area contributed by atoms with Gasteiger partial charge in [-0.2, -0.15) is 0 Å². The van der Waals surface area contributed by atoms with Gasteiger partial charge in [0, 0.05) is 44.8 Å². The Labute approximate surface area is 261 Å². The smallest absolute Gasteiger partial charge is 0.336 e. The minimum Gasteiger partial charge on any atom is -0.484 e. The first kappa shape index (κ1) is 33.8. The summed E-state index contributed by atoms with van der Waals surface area (Å²) in [5.74, 6) is -3.46. The van der Waals surface area contributed by atoms with Gasteiger partial charge in [-0.25, -0.2) is 4.79 Å². The molecule has 5 rings (SSSR count). The lowest BCUT2D eigenvalue weighted by Crippen LogP contribution is -2.42. The molecule has 2 aliphatic heterocycles. The Kier molecular flexibility index (Phi) is 10.8. The number of carbonyl (C=O) groups is 4. The third-order valence-corrected chi connectivity index (χ3v) is 8.82. The topological polar surface area (TPSA) is 198 Å². The summed E-state index contributed by atoms with van der Waals surface area (Å²) < 4.78 is 5.71. The normalized spacial score (nSPS) is 22.8. The number of amides is 1. The molecule has 0 spiro atoms. The van der Waals surface area contributed by atoms with Crippen LogP contribution in [0, 0.1) is 18.8 Å². The van der Waals surface area contributed by atoms with Crippen LogP contribution in [0.4, 0.5) is 0 Å². The molecule has 1 aromatic heterocycles. The van der Waals surface area contributed by atoms with E-state index in [-0.39, 0.29) is 18.4 Å². The number of pyridine rings is 1. The first-order valence-corrected chi connectivity index (χ1v) is 15.1. The van der Waals surface area contributed by atoms with E-state index in [4.69, 9.17) is 25.2 Å². The Hall–Kier alpha value is -4.07. The Balaban J connectivity index is 0.000000302. The molecule has 3 fully saturated rings. The minimum atomic E-state index is -2.74. The van der Waals surface area contributed by atoms with Gasteiger partial charge in [-0.05, 0) is 67.9 Å². The number of benzene rings is 1. The lowest BCUT2D eigenvalue weighted by atomic mass is 9.85. The second kappa shape index (κ2) is 14.4. The highest BCUT2D eigenvalue weighted by molar-refractivity contribution is 5.88. The van der Waals surface area contributed by atoms with E-state index < -0.39 is 42.0 Å². The average molecular weight is 628 g/mol. The zero-order valence-corrected chi connectivity index (χ0v) is 25.3.